The van der Waals surface area contributed by atoms with Crippen molar-refractivity contribution in [3.63, 3.8) is 0 Å². The van der Waals surface area contributed by atoms with Crippen molar-refractivity contribution in [3.05, 3.63) is 29.8 Å². The maximum absolute atomic E-state index is 12.3. The van der Waals surface area contributed by atoms with E-state index in [4.69, 9.17) is 18.9 Å². The molecule has 1 aliphatic rings. The number of benzene rings is 1. The highest BCUT2D eigenvalue weighted by atomic mass is 16.7. The van der Waals surface area contributed by atoms with Gasteiger partial charge in [0.2, 0.25) is 11.2 Å². The maximum atomic E-state index is 12.3. The van der Waals surface area contributed by atoms with Gasteiger partial charge in [-0.3, -0.25) is 0 Å². The van der Waals surface area contributed by atoms with E-state index in [2.05, 4.69) is 0 Å². The molecular weight excluding hydrogens is 276 g/mol. The lowest BCUT2D eigenvalue weighted by atomic mass is 9.87. The Morgan fingerprint density at radius 2 is 1.76 bits per heavy atom. The van der Waals surface area contributed by atoms with E-state index >= 15 is 0 Å². The first kappa shape index (κ1) is 15.3. The molecule has 21 heavy (non-hydrogen) atoms. The zero-order valence-corrected chi connectivity index (χ0v) is 12.5. The van der Waals surface area contributed by atoms with Crippen LogP contribution in [0.25, 0.3) is 0 Å². The van der Waals surface area contributed by atoms with Gasteiger partial charge in [-0.1, -0.05) is 12.1 Å². The van der Waals surface area contributed by atoms with Crippen LogP contribution in [0, 0.1) is 0 Å². The highest BCUT2D eigenvalue weighted by Crippen LogP contribution is 2.57. The molecule has 1 aromatic carbocycles. The lowest BCUT2D eigenvalue weighted by molar-refractivity contribution is -0.152. The molecule has 0 radical (unpaired) electrons. The summed E-state index contributed by atoms with van der Waals surface area (Å²) in [6.45, 7) is 3.40. The molecule has 0 amide bonds. The summed E-state index contributed by atoms with van der Waals surface area (Å²) >= 11 is 0. The molecule has 6 heteroatoms. The normalized spacial score (nSPS) is 26.9. The minimum atomic E-state index is -1.47. The number of ether oxygens (including phenoxy) is 4. The molecule has 1 saturated heterocycles. The number of esters is 2. The minimum Gasteiger partial charge on any atom is -0.497 e. The molecule has 0 aromatic heterocycles. The highest BCUT2D eigenvalue weighted by Gasteiger charge is 2.79. The Hall–Kier alpha value is -2.08. The van der Waals surface area contributed by atoms with Crippen LogP contribution in [-0.4, -0.2) is 38.4 Å². The van der Waals surface area contributed by atoms with E-state index in [-0.39, 0.29) is 6.61 Å². The van der Waals surface area contributed by atoms with Gasteiger partial charge in [-0.25, -0.2) is 9.59 Å². The van der Waals surface area contributed by atoms with Crippen molar-refractivity contribution in [1.82, 2.24) is 0 Å². The van der Waals surface area contributed by atoms with Crippen LogP contribution in [0.3, 0.4) is 0 Å². The number of hydrogen-bond donors (Lipinski definition) is 0. The third-order valence-corrected chi connectivity index (χ3v) is 3.62. The SMILES string of the molecule is CCOC(=O)C1(c2ccc(OC)cc2)OC1(C)C(=O)OC. The Morgan fingerprint density at radius 1 is 1.14 bits per heavy atom. The van der Waals surface area contributed by atoms with Crippen molar-refractivity contribution in [2.24, 2.45) is 0 Å². The van der Waals surface area contributed by atoms with Crippen molar-refractivity contribution in [2.75, 3.05) is 20.8 Å². The van der Waals surface area contributed by atoms with Gasteiger partial charge in [-0.2, -0.15) is 0 Å². The van der Waals surface area contributed by atoms with Crippen molar-refractivity contribution in [2.45, 2.75) is 25.0 Å². The molecule has 2 unspecified atom stereocenters. The minimum absolute atomic E-state index is 0.192. The van der Waals surface area contributed by atoms with Crippen LogP contribution in [0.1, 0.15) is 19.4 Å². The Bertz CT molecular complexity index is 552. The van der Waals surface area contributed by atoms with E-state index < -0.39 is 23.1 Å². The highest BCUT2D eigenvalue weighted by molar-refractivity contribution is 5.98. The van der Waals surface area contributed by atoms with Crippen LogP contribution < -0.4 is 4.74 Å². The molecule has 1 aliphatic heterocycles. The Labute approximate surface area is 122 Å². The quantitative estimate of drug-likeness (QED) is 0.604. The Balaban J connectivity index is 2.43. The molecule has 0 bridgehead atoms. The van der Waals surface area contributed by atoms with Crippen molar-refractivity contribution >= 4 is 11.9 Å². The smallest absolute Gasteiger partial charge is 0.346 e. The second kappa shape index (κ2) is 5.37. The van der Waals surface area contributed by atoms with E-state index in [9.17, 15) is 9.59 Å². The van der Waals surface area contributed by atoms with Crippen molar-refractivity contribution in [3.8, 4) is 5.75 Å². The zero-order chi connectivity index (χ0) is 15.7. The fourth-order valence-corrected chi connectivity index (χ4v) is 2.41. The third-order valence-electron chi connectivity index (χ3n) is 3.62. The summed E-state index contributed by atoms with van der Waals surface area (Å²) in [5.74, 6) is -0.590. The Kier molecular flexibility index (Phi) is 3.91. The lowest BCUT2D eigenvalue weighted by Gasteiger charge is -2.15. The van der Waals surface area contributed by atoms with Gasteiger partial charge in [0.1, 0.15) is 5.75 Å². The summed E-state index contributed by atoms with van der Waals surface area (Å²) in [6.07, 6.45) is 0. The van der Waals surface area contributed by atoms with Crippen LogP contribution in [-0.2, 0) is 29.4 Å². The number of epoxide rings is 1. The summed E-state index contributed by atoms with van der Waals surface area (Å²) in [5.41, 5.74) is -2.33. The van der Waals surface area contributed by atoms with E-state index in [0.717, 1.165) is 0 Å². The van der Waals surface area contributed by atoms with Gasteiger partial charge in [0.05, 0.1) is 20.8 Å². The van der Waals surface area contributed by atoms with E-state index in [1.54, 1.807) is 38.3 Å². The van der Waals surface area contributed by atoms with Gasteiger partial charge < -0.3 is 18.9 Å². The van der Waals surface area contributed by atoms with E-state index in [1.807, 2.05) is 0 Å². The number of rotatable bonds is 5. The number of hydrogen-bond acceptors (Lipinski definition) is 6. The molecule has 1 aromatic rings. The average molecular weight is 294 g/mol. The standard InChI is InChI=1S/C15H18O6/c1-5-20-13(17)15(14(2,21-15)12(16)19-4)10-6-8-11(18-3)9-7-10/h6-9H,5H2,1-4H3. The molecule has 114 valence electrons. The van der Waals surface area contributed by atoms with E-state index in [0.29, 0.717) is 11.3 Å². The molecule has 6 nitrogen and oxygen atoms in total. The van der Waals surface area contributed by atoms with Gasteiger partial charge in [-0.15, -0.1) is 0 Å². The molecule has 0 aliphatic carbocycles. The van der Waals surface area contributed by atoms with E-state index in [1.165, 1.54) is 14.0 Å². The molecule has 2 atom stereocenters. The number of methoxy groups -OCH3 is 2. The zero-order valence-electron chi connectivity index (χ0n) is 12.5. The molecule has 0 saturated carbocycles. The van der Waals surface area contributed by atoms with Crippen LogP contribution in [0.2, 0.25) is 0 Å². The van der Waals surface area contributed by atoms with Gasteiger partial charge in [-0.05, 0) is 31.5 Å². The molecule has 1 fully saturated rings. The monoisotopic (exact) mass is 294 g/mol. The lowest BCUT2D eigenvalue weighted by Crippen LogP contribution is -2.37. The summed E-state index contributed by atoms with van der Waals surface area (Å²) in [4.78, 5) is 24.3. The predicted molar refractivity (Wildman–Crippen MR) is 72.8 cm³/mol. The first-order valence-electron chi connectivity index (χ1n) is 6.56. The summed E-state index contributed by atoms with van der Waals surface area (Å²) in [7, 11) is 2.79. The first-order valence-corrected chi connectivity index (χ1v) is 6.56. The van der Waals surface area contributed by atoms with Crippen LogP contribution in [0.15, 0.2) is 24.3 Å². The molecular formula is C15H18O6. The van der Waals surface area contributed by atoms with Crippen LogP contribution >= 0.6 is 0 Å². The first-order chi connectivity index (χ1) is 9.96. The fourth-order valence-electron chi connectivity index (χ4n) is 2.41. The second-order valence-electron chi connectivity index (χ2n) is 4.76. The van der Waals surface area contributed by atoms with Crippen molar-refractivity contribution in [1.29, 1.82) is 0 Å². The number of carbonyl (C=O) groups excluding carboxylic acids is 2. The van der Waals surface area contributed by atoms with Gasteiger partial charge >= 0.3 is 11.9 Å². The summed E-state index contributed by atoms with van der Waals surface area (Å²) in [5, 5.41) is 0. The maximum Gasteiger partial charge on any atom is 0.346 e. The second-order valence-corrected chi connectivity index (χ2v) is 4.76. The van der Waals surface area contributed by atoms with Crippen LogP contribution in [0.4, 0.5) is 0 Å². The van der Waals surface area contributed by atoms with Crippen molar-refractivity contribution < 1.29 is 28.5 Å². The fraction of sp³-hybridized carbons (Fsp3) is 0.467. The topological polar surface area (TPSA) is 74.4 Å². The average Bonchev–Trinajstić information content (AvgIpc) is 3.16. The summed E-state index contributed by atoms with van der Waals surface area (Å²) in [6, 6.07) is 6.72. The molecule has 0 spiro atoms. The predicted octanol–water partition coefficient (Wildman–Crippen LogP) is 1.42. The summed E-state index contributed by atoms with van der Waals surface area (Å²) < 4.78 is 20.4. The van der Waals surface area contributed by atoms with Gasteiger partial charge in [0, 0.05) is 0 Å². The Morgan fingerprint density at radius 3 is 2.24 bits per heavy atom. The molecule has 2 rings (SSSR count). The third kappa shape index (κ3) is 2.15. The molecule has 0 N–H and O–H groups in total. The van der Waals surface area contributed by atoms with Gasteiger partial charge in [0.15, 0.2) is 0 Å². The molecule has 1 heterocycles. The number of carbonyl (C=O) groups is 2. The van der Waals surface area contributed by atoms with Crippen LogP contribution in [0.5, 0.6) is 5.75 Å². The van der Waals surface area contributed by atoms with Gasteiger partial charge in [0.25, 0.3) is 0 Å². The largest absolute Gasteiger partial charge is 0.497 e.